The van der Waals surface area contributed by atoms with Crippen molar-refractivity contribution in [2.24, 2.45) is 0 Å². The molecule has 1 heterocycles. The standard InChI is InChI=1S/C14H26N2O2S3/c1-5-14(6-2,19-4)11-16-21(17,18)13-8-12(10-20-13)9-15-7-3/h8,10,15-16H,5-7,9,11H2,1-4H3. The number of rotatable bonds is 10. The lowest BCUT2D eigenvalue weighted by Crippen LogP contribution is -2.39. The van der Waals surface area contributed by atoms with Crippen molar-refractivity contribution in [3.8, 4) is 0 Å². The fraction of sp³-hybridized carbons (Fsp3) is 0.714. The highest BCUT2D eigenvalue weighted by Crippen LogP contribution is 2.30. The van der Waals surface area contributed by atoms with E-state index >= 15 is 0 Å². The third-order valence-electron chi connectivity index (χ3n) is 3.78. The normalized spacial score (nSPS) is 12.8. The first-order valence-electron chi connectivity index (χ1n) is 7.26. The van der Waals surface area contributed by atoms with Crippen LogP contribution in [0, 0.1) is 0 Å². The third kappa shape index (κ3) is 5.25. The van der Waals surface area contributed by atoms with Crippen molar-refractivity contribution in [1.29, 1.82) is 0 Å². The maximum absolute atomic E-state index is 12.4. The monoisotopic (exact) mass is 350 g/mol. The molecule has 4 nitrogen and oxygen atoms in total. The first-order valence-corrected chi connectivity index (χ1v) is 10.8. The van der Waals surface area contributed by atoms with Crippen LogP contribution < -0.4 is 10.0 Å². The van der Waals surface area contributed by atoms with Gasteiger partial charge in [0.2, 0.25) is 10.0 Å². The highest BCUT2D eigenvalue weighted by atomic mass is 32.2. The lowest BCUT2D eigenvalue weighted by molar-refractivity contribution is 0.523. The summed E-state index contributed by atoms with van der Waals surface area (Å²) in [6.45, 7) is 8.30. The van der Waals surface area contributed by atoms with E-state index in [4.69, 9.17) is 0 Å². The van der Waals surface area contributed by atoms with Crippen LogP contribution in [-0.2, 0) is 16.6 Å². The second kappa shape index (κ2) is 8.53. The minimum Gasteiger partial charge on any atom is -0.313 e. The van der Waals surface area contributed by atoms with Gasteiger partial charge in [0.05, 0.1) is 0 Å². The molecule has 1 rings (SSSR count). The molecule has 0 aromatic carbocycles. The molecule has 1 aromatic rings. The number of hydrogen-bond acceptors (Lipinski definition) is 5. The summed E-state index contributed by atoms with van der Waals surface area (Å²) in [7, 11) is -3.40. The van der Waals surface area contributed by atoms with Gasteiger partial charge in [-0.15, -0.1) is 11.3 Å². The third-order valence-corrected chi connectivity index (χ3v) is 8.26. The van der Waals surface area contributed by atoms with E-state index in [9.17, 15) is 8.42 Å². The quantitative estimate of drug-likeness (QED) is 0.681. The Morgan fingerprint density at radius 2 is 1.95 bits per heavy atom. The SMILES string of the molecule is CCNCc1csc(S(=O)(=O)NCC(CC)(CC)SC)c1. The number of thioether (sulfide) groups is 1. The van der Waals surface area contributed by atoms with E-state index in [2.05, 4.69) is 23.9 Å². The summed E-state index contributed by atoms with van der Waals surface area (Å²) in [4.78, 5) is 0. The van der Waals surface area contributed by atoms with Gasteiger partial charge in [0, 0.05) is 17.8 Å². The Kier molecular flexibility index (Phi) is 7.70. The fourth-order valence-corrected chi connectivity index (χ4v) is 5.28. The van der Waals surface area contributed by atoms with Crippen molar-refractivity contribution in [3.05, 3.63) is 17.0 Å². The van der Waals surface area contributed by atoms with Crippen LogP contribution in [0.5, 0.6) is 0 Å². The van der Waals surface area contributed by atoms with Gasteiger partial charge >= 0.3 is 0 Å². The molecule has 0 unspecified atom stereocenters. The fourth-order valence-electron chi connectivity index (χ4n) is 2.01. The first-order chi connectivity index (χ1) is 9.93. The van der Waals surface area contributed by atoms with Crippen molar-refractivity contribution in [2.75, 3.05) is 19.3 Å². The molecular weight excluding hydrogens is 324 g/mol. The van der Waals surface area contributed by atoms with E-state index in [0.717, 1.165) is 24.9 Å². The predicted octanol–water partition coefficient (Wildman–Crippen LogP) is 3.06. The predicted molar refractivity (Wildman–Crippen MR) is 93.7 cm³/mol. The summed E-state index contributed by atoms with van der Waals surface area (Å²) in [5.41, 5.74) is 1.02. The second-order valence-corrected chi connectivity index (χ2v) is 9.15. The van der Waals surface area contributed by atoms with E-state index in [1.807, 2.05) is 18.6 Å². The molecule has 0 amide bonds. The molecule has 0 aliphatic heterocycles. The van der Waals surface area contributed by atoms with Gasteiger partial charge < -0.3 is 5.32 Å². The molecule has 0 saturated heterocycles. The molecule has 0 spiro atoms. The van der Waals surface area contributed by atoms with Crippen LogP contribution in [0.2, 0.25) is 0 Å². The summed E-state index contributed by atoms with van der Waals surface area (Å²) in [6, 6.07) is 1.76. The number of nitrogens with one attached hydrogen (secondary N) is 2. The summed E-state index contributed by atoms with van der Waals surface area (Å²) < 4.78 is 27.9. The van der Waals surface area contributed by atoms with Crippen molar-refractivity contribution >= 4 is 33.1 Å². The molecule has 0 fully saturated rings. The van der Waals surface area contributed by atoms with Gasteiger partial charge in [-0.25, -0.2) is 13.1 Å². The summed E-state index contributed by atoms with van der Waals surface area (Å²) in [5.74, 6) is 0. The van der Waals surface area contributed by atoms with Crippen molar-refractivity contribution in [2.45, 2.75) is 49.1 Å². The van der Waals surface area contributed by atoms with Crippen LogP contribution in [-0.4, -0.2) is 32.5 Å². The number of sulfonamides is 1. The molecule has 0 saturated carbocycles. The molecule has 7 heteroatoms. The average molecular weight is 351 g/mol. The van der Waals surface area contributed by atoms with Crippen molar-refractivity contribution in [1.82, 2.24) is 10.0 Å². The second-order valence-electron chi connectivity index (χ2n) is 4.97. The molecule has 0 radical (unpaired) electrons. The Morgan fingerprint density at radius 1 is 1.29 bits per heavy atom. The smallest absolute Gasteiger partial charge is 0.250 e. The van der Waals surface area contributed by atoms with E-state index in [1.165, 1.54) is 11.3 Å². The molecule has 0 aliphatic carbocycles. The van der Waals surface area contributed by atoms with Gasteiger partial charge in [0.15, 0.2) is 0 Å². The molecule has 0 bridgehead atoms. The van der Waals surface area contributed by atoms with Crippen LogP contribution >= 0.6 is 23.1 Å². The lowest BCUT2D eigenvalue weighted by atomic mass is 10.0. The number of hydrogen-bond donors (Lipinski definition) is 2. The Labute approximate surface area is 137 Å². The molecule has 122 valence electrons. The molecule has 0 atom stereocenters. The zero-order valence-electron chi connectivity index (χ0n) is 13.2. The van der Waals surface area contributed by atoms with Crippen molar-refractivity contribution in [3.63, 3.8) is 0 Å². The number of thiophene rings is 1. The van der Waals surface area contributed by atoms with Crippen LogP contribution in [0.4, 0.5) is 0 Å². The van der Waals surface area contributed by atoms with Crippen LogP contribution in [0.25, 0.3) is 0 Å². The Hall–Kier alpha value is -0.0800. The highest BCUT2D eigenvalue weighted by molar-refractivity contribution is 8.00. The maximum Gasteiger partial charge on any atom is 0.250 e. The maximum atomic E-state index is 12.4. The lowest BCUT2D eigenvalue weighted by Gasteiger charge is -2.29. The van der Waals surface area contributed by atoms with E-state index in [0.29, 0.717) is 17.3 Å². The zero-order chi connectivity index (χ0) is 15.9. The topological polar surface area (TPSA) is 58.2 Å². The van der Waals surface area contributed by atoms with Crippen molar-refractivity contribution < 1.29 is 8.42 Å². The minimum absolute atomic E-state index is 0.0169. The summed E-state index contributed by atoms with van der Waals surface area (Å²) in [5, 5.41) is 5.10. The highest BCUT2D eigenvalue weighted by Gasteiger charge is 2.28. The Balaban J connectivity index is 2.75. The molecule has 21 heavy (non-hydrogen) atoms. The van der Waals surface area contributed by atoms with Gasteiger partial charge in [-0.05, 0) is 42.7 Å². The van der Waals surface area contributed by atoms with E-state index < -0.39 is 10.0 Å². The molecule has 1 aromatic heterocycles. The molecule has 0 aliphatic rings. The first kappa shape index (κ1) is 19.0. The van der Waals surface area contributed by atoms with Gasteiger partial charge in [0.1, 0.15) is 4.21 Å². The molecule has 2 N–H and O–H groups in total. The average Bonchev–Trinajstić information content (AvgIpc) is 2.97. The van der Waals surface area contributed by atoms with E-state index in [-0.39, 0.29) is 4.75 Å². The van der Waals surface area contributed by atoms with Crippen LogP contribution in [0.3, 0.4) is 0 Å². The Morgan fingerprint density at radius 3 is 2.48 bits per heavy atom. The van der Waals surface area contributed by atoms with Gasteiger partial charge in [-0.3, -0.25) is 0 Å². The Bertz CT molecular complexity index is 514. The zero-order valence-corrected chi connectivity index (χ0v) is 15.7. The minimum atomic E-state index is -3.40. The van der Waals surface area contributed by atoms with Gasteiger partial charge in [-0.2, -0.15) is 11.8 Å². The summed E-state index contributed by atoms with van der Waals surface area (Å²) in [6.07, 6.45) is 3.94. The van der Waals surface area contributed by atoms with Gasteiger partial charge in [0.25, 0.3) is 0 Å². The van der Waals surface area contributed by atoms with E-state index in [1.54, 1.807) is 17.8 Å². The van der Waals surface area contributed by atoms with Crippen LogP contribution in [0.15, 0.2) is 15.7 Å². The largest absolute Gasteiger partial charge is 0.313 e. The van der Waals surface area contributed by atoms with Crippen LogP contribution in [0.1, 0.15) is 39.2 Å². The van der Waals surface area contributed by atoms with Gasteiger partial charge in [-0.1, -0.05) is 20.8 Å². The summed E-state index contributed by atoms with van der Waals surface area (Å²) >= 11 is 3.02. The molecular formula is C14H26N2O2S3.